The highest BCUT2D eigenvalue weighted by Gasteiger charge is 2.28. The molecule has 0 aromatic heterocycles. The number of benzene rings is 1. The van der Waals surface area contributed by atoms with Gasteiger partial charge in [0.1, 0.15) is 5.75 Å². The summed E-state index contributed by atoms with van der Waals surface area (Å²) in [6.45, 7) is 6.43. The molecule has 1 N–H and O–H groups in total. The van der Waals surface area contributed by atoms with E-state index in [9.17, 15) is 9.59 Å². The summed E-state index contributed by atoms with van der Waals surface area (Å²) in [6, 6.07) is 7.73. The van der Waals surface area contributed by atoms with Gasteiger partial charge in [0.25, 0.3) is 5.91 Å². The molecule has 19 heavy (non-hydrogen) atoms. The zero-order valence-electron chi connectivity index (χ0n) is 11.5. The Morgan fingerprint density at radius 2 is 1.79 bits per heavy atom. The topological polar surface area (TPSA) is 55.4 Å². The number of hydrogen-bond acceptors (Lipinski definition) is 3. The Labute approximate surface area is 113 Å². The van der Waals surface area contributed by atoms with Gasteiger partial charge in [-0.2, -0.15) is 0 Å². The van der Waals surface area contributed by atoms with Gasteiger partial charge in [-0.3, -0.25) is 14.9 Å². The summed E-state index contributed by atoms with van der Waals surface area (Å²) in [6.07, 6.45) is 0.195. The van der Waals surface area contributed by atoms with Crippen LogP contribution in [-0.4, -0.2) is 17.9 Å². The van der Waals surface area contributed by atoms with Gasteiger partial charge >= 0.3 is 0 Å². The second-order valence-corrected chi connectivity index (χ2v) is 5.83. The Bertz CT molecular complexity index is 485. The van der Waals surface area contributed by atoms with Crippen molar-refractivity contribution in [3.05, 3.63) is 29.8 Å². The maximum absolute atomic E-state index is 11.6. The number of ether oxygens (including phenoxy) is 1. The number of hydrogen-bond donors (Lipinski definition) is 1. The third kappa shape index (κ3) is 3.34. The van der Waals surface area contributed by atoms with Crippen LogP contribution < -0.4 is 10.1 Å². The Morgan fingerprint density at radius 1 is 1.16 bits per heavy atom. The van der Waals surface area contributed by atoms with E-state index in [4.69, 9.17) is 4.74 Å². The molecule has 0 bridgehead atoms. The zero-order valence-corrected chi connectivity index (χ0v) is 11.5. The van der Waals surface area contributed by atoms with Gasteiger partial charge in [-0.1, -0.05) is 32.9 Å². The molecule has 4 heteroatoms. The first-order valence-electron chi connectivity index (χ1n) is 6.47. The molecule has 1 atom stereocenters. The fourth-order valence-electron chi connectivity index (χ4n) is 1.98. The maximum atomic E-state index is 11.6. The number of imide groups is 1. The predicted octanol–water partition coefficient (Wildman–Crippen LogP) is 2.17. The highest BCUT2D eigenvalue weighted by molar-refractivity contribution is 5.99. The molecule has 0 radical (unpaired) electrons. The number of carbonyl (C=O) groups excluding carboxylic acids is 2. The Hall–Kier alpha value is -1.84. The van der Waals surface area contributed by atoms with Crippen LogP contribution in [-0.2, 0) is 15.0 Å². The van der Waals surface area contributed by atoms with Crippen molar-refractivity contribution < 1.29 is 14.3 Å². The summed E-state index contributed by atoms with van der Waals surface area (Å²) in [7, 11) is 0. The van der Waals surface area contributed by atoms with Crippen LogP contribution >= 0.6 is 0 Å². The van der Waals surface area contributed by atoms with Gasteiger partial charge in [-0.15, -0.1) is 0 Å². The number of piperidine rings is 1. The highest BCUT2D eigenvalue weighted by Crippen LogP contribution is 2.25. The summed E-state index contributed by atoms with van der Waals surface area (Å²) in [5.41, 5.74) is 1.30. The quantitative estimate of drug-likeness (QED) is 0.830. The van der Waals surface area contributed by atoms with Crippen molar-refractivity contribution in [3.8, 4) is 5.75 Å². The van der Waals surface area contributed by atoms with Crippen LogP contribution in [0.4, 0.5) is 0 Å². The van der Waals surface area contributed by atoms with E-state index < -0.39 is 6.10 Å². The smallest absolute Gasteiger partial charge is 0.267 e. The molecule has 1 aliphatic rings. The summed E-state index contributed by atoms with van der Waals surface area (Å²) in [5, 5.41) is 2.28. The fourth-order valence-corrected chi connectivity index (χ4v) is 1.98. The average molecular weight is 261 g/mol. The Balaban J connectivity index is 2.04. The summed E-state index contributed by atoms with van der Waals surface area (Å²) < 4.78 is 5.62. The van der Waals surface area contributed by atoms with E-state index in [1.807, 2.05) is 24.3 Å². The molecule has 2 rings (SSSR count). The average Bonchev–Trinajstić information content (AvgIpc) is 2.32. The monoisotopic (exact) mass is 261 g/mol. The van der Waals surface area contributed by atoms with E-state index in [0.717, 1.165) is 0 Å². The Morgan fingerprint density at radius 3 is 2.32 bits per heavy atom. The van der Waals surface area contributed by atoms with E-state index in [-0.39, 0.29) is 17.2 Å². The lowest BCUT2D eigenvalue weighted by atomic mass is 9.87. The molecule has 1 aliphatic heterocycles. The van der Waals surface area contributed by atoms with Crippen molar-refractivity contribution in [3.63, 3.8) is 0 Å². The zero-order chi connectivity index (χ0) is 14.0. The van der Waals surface area contributed by atoms with E-state index in [1.165, 1.54) is 5.56 Å². The van der Waals surface area contributed by atoms with Crippen LogP contribution in [0.15, 0.2) is 24.3 Å². The molecule has 1 saturated heterocycles. The van der Waals surface area contributed by atoms with Crippen molar-refractivity contribution >= 4 is 11.8 Å². The van der Waals surface area contributed by atoms with Crippen molar-refractivity contribution in [2.75, 3.05) is 0 Å². The van der Waals surface area contributed by atoms with Gasteiger partial charge in [0.05, 0.1) is 0 Å². The van der Waals surface area contributed by atoms with E-state index in [2.05, 4.69) is 26.1 Å². The normalized spacial score (nSPS) is 20.1. The van der Waals surface area contributed by atoms with E-state index >= 15 is 0 Å². The minimum absolute atomic E-state index is 0.0904. The van der Waals surface area contributed by atoms with Crippen molar-refractivity contribution in [2.24, 2.45) is 0 Å². The minimum atomic E-state index is -0.571. The summed E-state index contributed by atoms with van der Waals surface area (Å²) in [5.74, 6) is 0.0755. The van der Waals surface area contributed by atoms with Crippen LogP contribution in [0.1, 0.15) is 39.2 Å². The highest BCUT2D eigenvalue weighted by atomic mass is 16.5. The molecule has 1 fully saturated rings. The number of carbonyl (C=O) groups is 2. The Kier molecular flexibility index (Phi) is 3.60. The van der Waals surface area contributed by atoms with Crippen LogP contribution in [0.2, 0.25) is 0 Å². The summed E-state index contributed by atoms with van der Waals surface area (Å²) >= 11 is 0. The van der Waals surface area contributed by atoms with Gasteiger partial charge in [0.15, 0.2) is 6.10 Å². The van der Waals surface area contributed by atoms with Crippen LogP contribution in [0, 0.1) is 0 Å². The van der Waals surface area contributed by atoms with Crippen LogP contribution in [0.3, 0.4) is 0 Å². The first-order chi connectivity index (χ1) is 8.86. The van der Waals surface area contributed by atoms with Gasteiger partial charge in [-0.25, -0.2) is 0 Å². The molecule has 1 heterocycles. The second kappa shape index (κ2) is 5.03. The van der Waals surface area contributed by atoms with Crippen molar-refractivity contribution in [1.29, 1.82) is 0 Å². The number of nitrogens with one attached hydrogen (secondary N) is 1. The van der Waals surface area contributed by atoms with E-state index in [0.29, 0.717) is 18.6 Å². The maximum Gasteiger partial charge on any atom is 0.267 e. The van der Waals surface area contributed by atoms with Gasteiger partial charge in [0, 0.05) is 12.8 Å². The minimum Gasteiger partial charge on any atom is -0.481 e. The lowest BCUT2D eigenvalue weighted by molar-refractivity contribution is -0.138. The summed E-state index contributed by atoms with van der Waals surface area (Å²) in [4.78, 5) is 22.6. The molecule has 0 aliphatic carbocycles. The molecule has 1 unspecified atom stereocenters. The van der Waals surface area contributed by atoms with Crippen molar-refractivity contribution in [1.82, 2.24) is 5.32 Å². The molecular formula is C15H19NO3. The van der Waals surface area contributed by atoms with E-state index in [1.54, 1.807) is 0 Å². The first-order valence-corrected chi connectivity index (χ1v) is 6.47. The van der Waals surface area contributed by atoms with Crippen LogP contribution in [0.25, 0.3) is 0 Å². The third-order valence-corrected chi connectivity index (χ3v) is 3.19. The van der Waals surface area contributed by atoms with Gasteiger partial charge in [0.2, 0.25) is 5.91 Å². The molecule has 102 valence electrons. The SMILES string of the molecule is CC(C)(C)c1ccc(OC2CCC(=O)NC2=O)cc1. The molecule has 2 amide bonds. The fraction of sp³-hybridized carbons (Fsp3) is 0.467. The number of amides is 2. The molecule has 1 aromatic rings. The van der Waals surface area contributed by atoms with Crippen LogP contribution in [0.5, 0.6) is 5.75 Å². The lowest BCUT2D eigenvalue weighted by Gasteiger charge is -2.23. The second-order valence-electron chi connectivity index (χ2n) is 5.83. The molecule has 1 aromatic carbocycles. The molecule has 0 spiro atoms. The lowest BCUT2D eigenvalue weighted by Crippen LogP contribution is -2.46. The predicted molar refractivity (Wildman–Crippen MR) is 71.9 cm³/mol. The number of rotatable bonds is 2. The van der Waals surface area contributed by atoms with Gasteiger partial charge < -0.3 is 4.74 Å². The third-order valence-electron chi connectivity index (χ3n) is 3.19. The standard InChI is InChI=1S/C15H19NO3/c1-15(2,3)10-4-6-11(7-5-10)19-12-8-9-13(17)16-14(12)18/h4-7,12H,8-9H2,1-3H3,(H,16,17,18). The first kappa shape index (κ1) is 13.6. The largest absolute Gasteiger partial charge is 0.481 e. The molecule has 0 saturated carbocycles. The molecular weight excluding hydrogens is 242 g/mol. The van der Waals surface area contributed by atoms with Gasteiger partial charge in [-0.05, 0) is 23.1 Å². The van der Waals surface area contributed by atoms with Crippen molar-refractivity contribution in [2.45, 2.75) is 45.1 Å². The molecule has 4 nitrogen and oxygen atoms in total.